The number of allylic oxidation sites excluding steroid dienone is 4. The molecule has 4 heteroatoms. The maximum atomic E-state index is 12.2. The Kier molecular flexibility index (Phi) is 26.6. The van der Waals surface area contributed by atoms with Crippen molar-refractivity contribution in [2.24, 2.45) is 0 Å². The Hall–Kier alpha value is -1.13. The molecule has 2 unspecified atom stereocenters. The van der Waals surface area contributed by atoms with Crippen molar-refractivity contribution in [3.63, 3.8) is 0 Å². The number of hydrogen-bond acceptors (Lipinski definition) is 3. The van der Waals surface area contributed by atoms with Gasteiger partial charge in [-0.25, -0.2) is 0 Å². The molecule has 0 saturated heterocycles. The van der Waals surface area contributed by atoms with Crippen molar-refractivity contribution >= 4 is 5.91 Å². The highest BCUT2D eigenvalue weighted by molar-refractivity contribution is 5.76. The number of hydrogen-bond donors (Lipinski definition) is 3. The first-order valence-electron chi connectivity index (χ1n) is 15.0. The second-order valence-electron chi connectivity index (χ2n) is 10.2. The Balaban J connectivity index is 3.58. The van der Waals surface area contributed by atoms with Crippen LogP contribution in [0, 0.1) is 0 Å². The second kappa shape index (κ2) is 27.5. The van der Waals surface area contributed by atoms with Crippen LogP contribution in [-0.2, 0) is 4.79 Å². The molecule has 0 spiro atoms. The lowest BCUT2D eigenvalue weighted by Gasteiger charge is -2.22. The summed E-state index contributed by atoms with van der Waals surface area (Å²) < 4.78 is 0. The Labute approximate surface area is 218 Å². The van der Waals surface area contributed by atoms with Crippen molar-refractivity contribution in [2.75, 3.05) is 6.61 Å². The average Bonchev–Trinajstić information content (AvgIpc) is 2.86. The zero-order valence-electron chi connectivity index (χ0n) is 23.3. The van der Waals surface area contributed by atoms with Gasteiger partial charge in [-0.3, -0.25) is 4.79 Å². The van der Waals surface area contributed by atoms with E-state index in [9.17, 15) is 15.0 Å². The van der Waals surface area contributed by atoms with Crippen LogP contribution in [0.5, 0.6) is 0 Å². The van der Waals surface area contributed by atoms with E-state index in [1.54, 1.807) is 0 Å². The third-order valence-corrected chi connectivity index (χ3v) is 6.72. The summed E-state index contributed by atoms with van der Waals surface area (Å²) in [5.74, 6) is -0.0476. The quantitative estimate of drug-likeness (QED) is 0.0840. The van der Waals surface area contributed by atoms with Gasteiger partial charge in [-0.2, -0.15) is 0 Å². The molecular weight excluding hydrogens is 434 g/mol. The van der Waals surface area contributed by atoms with Crippen molar-refractivity contribution in [3.05, 3.63) is 24.3 Å². The van der Waals surface area contributed by atoms with Gasteiger partial charge >= 0.3 is 0 Å². The lowest BCUT2D eigenvalue weighted by atomic mass is 10.0. The summed E-state index contributed by atoms with van der Waals surface area (Å²) in [5.41, 5.74) is 0. The summed E-state index contributed by atoms with van der Waals surface area (Å²) >= 11 is 0. The van der Waals surface area contributed by atoms with Gasteiger partial charge in [-0.15, -0.1) is 0 Å². The van der Waals surface area contributed by atoms with Crippen molar-refractivity contribution < 1.29 is 15.0 Å². The zero-order chi connectivity index (χ0) is 25.8. The highest BCUT2D eigenvalue weighted by Gasteiger charge is 2.19. The molecule has 2 atom stereocenters. The fraction of sp³-hybridized carbons (Fsp3) is 0.839. The van der Waals surface area contributed by atoms with Crippen LogP contribution in [0.1, 0.15) is 149 Å². The largest absolute Gasteiger partial charge is 0.394 e. The topological polar surface area (TPSA) is 69.6 Å². The highest BCUT2D eigenvalue weighted by Crippen LogP contribution is 2.12. The van der Waals surface area contributed by atoms with E-state index < -0.39 is 12.1 Å². The van der Waals surface area contributed by atoms with Gasteiger partial charge in [0.25, 0.3) is 0 Å². The maximum Gasteiger partial charge on any atom is 0.220 e. The van der Waals surface area contributed by atoms with Crippen LogP contribution in [0.15, 0.2) is 24.3 Å². The summed E-state index contributed by atoms with van der Waals surface area (Å²) in [6, 6.07) is -0.533. The predicted octanol–water partition coefficient (Wildman–Crippen LogP) is 8.17. The van der Waals surface area contributed by atoms with Gasteiger partial charge in [0.05, 0.1) is 18.8 Å². The van der Waals surface area contributed by atoms with E-state index in [0.29, 0.717) is 12.8 Å². The van der Waals surface area contributed by atoms with Crippen LogP contribution in [0.3, 0.4) is 0 Å². The SMILES string of the molecule is CCCCC/C=C\C/C=C\CCCCCCCCCC(=O)NC(CO)C(O)CCCCCCCC. The molecule has 0 rings (SSSR count). The maximum absolute atomic E-state index is 12.2. The third-order valence-electron chi connectivity index (χ3n) is 6.72. The van der Waals surface area contributed by atoms with Crippen LogP contribution < -0.4 is 5.32 Å². The first-order chi connectivity index (χ1) is 17.2. The minimum atomic E-state index is -0.656. The fourth-order valence-corrected chi connectivity index (χ4v) is 4.33. The molecule has 0 aromatic carbocycles. The van der Waals surface area contributed by atoms with Crippen LogP contribution in [0.4, 0.5) is 0 Å². The van der Waals surface area contributed by atoms with E-state index in [0.717, 1.165) is 32.1 Å². The minimum Gasteiger partial charge on any atom is -0.394 e. The summed E-state index contributed by atoms with van der Waals surface area (Å²) in [6.45, 7) is 4.25. The monoisotopic (exact) mass is 493 g/mol. The molecule has 0 heterocycles. The van der Waals surface area contributed by atoms with Crippen LogP contribution in [0.2, 0.25) is 0 Å². The number of aliphatic hydroxyl groups excluding tert-OH is 2. The number of rotatable bonds is 26. The van der Waals surface area contributed by atoms with E-state index >= 15 is 0 Å². The van der Waals surface area contributed by atoms with E-state index in [-0.39, 0.29) is 12.5 Å². The Morgan fingerprint density at radius 2 is 1.17 bits per heavy atom. The predicted molar refractivity (Wildman–Crippen MR) is 152 cm³/mol. The number of unbranched alkanes of at least 4 members (excludes halogenated alkanes) is 15. The summed E-state index contributed by atoms with van der Waals surface area (Å²) in [4.78, 5) is 12.2. The first-order valence-corrected chi connectivity index (χ1v) is 15.0. The molecule has 35 heavy (non-hydrogen) atoms. The standard InChI is InChI=1S/C31H59NO3/c1-3-5-7-9-11-12-13-14-15-16-17-18-19-20-21-23-25-27-31(35)32-29(28-33)30(34)26-24-22-10-8-6-4-2/h11-12,14-15,29-30,33-34H,3-10,13,16-28H2,1-2H3,(H,32,35)/b12-11-,15-14-. The molecule has 0 aliphatic heterocycles. The number of aliphatic hydroxyl groups is 2. The van der Waals surface area contributed by atoms with Gasteiger partial charge in [0.2, 0.25) is 5.91 Å². The van der Waals surface area contributed by atoms with Gasteiger partial charge in [0.15, 0.2) is 0 Å². The lowest BCUT2D eigenvalue weighted by Crippen LogP contribution is -2.45. The summed E-state index contributed by atoms with van der Waals surface area (Å²) in [6.07, 6.45) is 32.3. The van der Waals surface area contributed by atoms with Gasteiger partial charge in [-0.05, 0) is 44.9 Å². The van der Waals surface area contributed by atoms with Crippen LogP contribution in [0.25, 0.3) is 0 Å². The molecular formula is C31H59NO3. The highest BCUT2D eigenvalue weighted by atomic mass is 16.3. The van der Waals surface area contributed by atoms with E-state index in [4.69, 9.17) is 0 Å². The van der Waals surface area contributed by atoms with Gasteiger partial charge in [-0.1, -0.05) is 122 Å². The van der Waals surface area contributed by atoms with Gasteiger partial charge < -0.3 is 15.5 Å². The number of carbonyl (C=O) groups excluding carboxylic acids is 1. The molecule has 0 aliphatic rings. The van der Waals surface area contributed by atoms with Crippen LogP contribution in [-0.4, -0.2) is 34.9 Å². The molecule has 0 radical (unpaired) electrons. The Bertz CT molecular complexity index is 503. The van der Waals surface area contributed by atoms with Gasteiger partial charge in [0, 0.05) is 6.42 Å². The lowest BCUT2D eigenvalue weighted by molar-refractivity contribution is -0.123. The third kappa shape index (κ3) is 24.3. The fourth-order valence-electron chi connectivity index (χ4n) is 4.33. The number of amides is 1. The Morgan fingerprint density at radius 3 is 1.77 bits per heavy atom. The van der Waals surface area contributed by atoms with E-state index in [1.165, 1.54) is 89.9 Å². The molecule has 0 bridgehead atoms. The van der Waals surface area contributed by atoms with Gasteiger partial charge in [0.1, 0.15) is 0 Å². The van der Waals surface area contributed by atoms with Crippen molar-refractivity contribution in [2.45, 2.75) is 161 Å². The molecule has 3 N–H and O–H groups in total. The molecule has 0 aromatic heterocycles. The second-order valence-corrected chi connectivity index (χ2v) is 10.2. The van der Waals surface area contributed by atoms with E-state index in [1.807, 2.05) is 0 Å². The first kappa shape index (κ1) is 33.9. The van der Waals surface area contributed by atoms with Crippen molar-refractivity contribution in [1.82, 2.24) is 5.32 Å². The van der Waals surface area contributed by atoms with E-state index in [2.05, 4.69) is 43.5 Å². The molecule has 206 valence electrons. The minimum absolute atomic E-state index is 0.0476. The normalized spacial score (nSPS) is 13.6. The molecule has 0 fully saturated rings. The van der Waals surface area contributed by atoms with Crippen LogP contribution >= 0.6 is 0 Å². The smallest absolute Gasteiger partial charge is 0.220 e. The molecule has 0 saturated carbocycles. The molecule has 0 aromatic rings. The van der Waals surface area contributed by atoms with Crippen molar-refractivity contribution in [3.8, 4) is 0 Å². The number of carbonyl (C=O) groups is 1. The number of nitrogens with one attached hydrogen (secondary N) is 1. The average molecular weight is 494 g/mol. The van der Waals surface area contributed by atoms with Crippen molar-refractivity contribution in [1.29, 1.82) is 0 Å². The zero-order valence-corrected chi connectivity index (χ0v) is 23.3. The Morgan fingerprint density at radius 1 is 0.686 bits per heavy atom. The molecule has 4 nitrogen and oxygen atoms in total. The molecule has 1 amide bonds. The molecule has 0 aliphatic carbocycles. The summed E-state index contributed by atoms with van der Waals surface area (Å²) in [5, 5.41) is 22.7. The summed E-state index contributed by atoms with van der Waals surface area (Å²) in [7, 11) is 0.